The second-order valence-electron chi connectivity index (χ2n) is 3.91. The number of rotatable bonds is 6. The van der Waals surface area contributed by atoms with E-state index < -0.39 is 0 Å². The molecule has 0 spiro atoms. The summed E-state index contributed by atoms with van der Waals surface area (Å²) in [5.41, 5.74) is -0.118. The first-order valence-electron chi connectivity index (χ1n) is 4.89. The van der Waals surface area contributed by atoms with Crippen molar-refractivity contribution in [3.8, 4) is 0 Å². The molecule has 0 rings (SSSR count). The van der Waals surface area contributed by atoms with E-state index in [0.29, 0.717) is 19.8 Å². The smallest absolute Gasteiger partial charge is 0.330 e. The zero-order valence-corrected chi connectivity index (χ0v) is 9.50. The molecular formula is C11H20O3. The molecule has 0 saturated carbocycles. The summed E-state index contributed by atoms with van der Waals surface area (Å²) in [6.07, 6.45) is 3.08. The second-order valence-corrected chi connectivity index (χ2v) is 3.91. The van der Waals surface area contributed by atoms with Gasteiger partial charge in [-0.15, -0.1) is 0 Å². The minimum Gasteiger partial charge on any atom is -0.462 e. The van der Waals surface area contributed by atoms with Gasteiger partial charge in [0.25, 0.3) is 0 Å². The number of allylic oxidation sites excluding steroid dienone is 1. The second kappa shape index (κ2) is 6.60. The molecule has 0 heterocycles. The van der Waals surface area contributed by atoms with Crippen LogP contribution in [-0.2, 0) is 14.3 Å². The fourth-order valence-electron chi connectivity index (χ4n) is 0.871. The Morgan fingerprint density at radius 2 is 2.00 bits per heavy atom. The highest BCUT2D eigenvalue weighted by molar-refractivity contribution is 5.81. The van der Waals surface area contributed by atoms with Gasteiger partial charge in [0, 0.05) is 18.1 Å². The van der Waals surface area contributed by atoms with E-state index in [9.17, 15) is 4.79 Å². The first kappa shape index (κ1) is 13.2. The molecule has 0 aliphatic rings. The lowest BCUT2D eigenvalue weighted by Crippen LogP contribution is -2.26. The van der Waals surface area contributed by atoms with Crippen molar-refractivity contribution in [3.05, 3.63) is 12.2 Å². The van der Waals surface area contributed by atoms with Gasteiger partial charge in [-0.3, -0.25) is 0 Å². The summed E-state index contributed by atoms with van der Waals surface area (Å²) >= 11 is 0. The van der Waals surface area contributed by atoms with E-state index in [0.717, 1.165) is 0 Å². The quantitative estimate of drug-likeness (QED) is 0.487. The van der Waals surface area contributed by atoms with Crippen molar-refractivity contribution in [3.63, 3.8) is 0 Å². The van der Waals surface area contributed by atoms with Crippen molar-refractivity contribution in [1.29, 1.82) is 0 Å². The third kappa shape index (κ3) is 6.66. The third-order valence-electron chi connectivity index (χ3n) is 1.60. The van der Waals surface area contributed by atoms with Crippen LogP contribution in [0.1, 0.15) is 27.7 Å². The van der Waals surface area contributed by atoms with Crippen LogP contribution >= 0.6 is 0 Å². The van der Waals surface area contributed by atoms with E-state index >= 15 is 0 Å². The molecule has 3 heteroatoms. The molecule has 0 unspecified atom stereocenters. The van der Waals surface area contributed by atoms with Crippen LogP contribution < -0.4 is 0 Å². The zero-order valence-electron chi connectivity index (χ0n) is 9.50. The highest BCUT2D eigenvalue weighted by Gasteiger charge is 2.19. The normalized spacial score (nSPS) is 12.0. The number of hydrogen-bond acceptors (Lipinski definition) is 3. The van der Waals surface area contributed by atoms with Gasteiger partial charge in [0.15, 0.2) is 0 Å². The average molecular weight is 200 g/mol. The third-order valence-corrected chi connectivity index (χ3v) is 1.60. The summed E-state index contributed by atoms with van der Waals surface area (Å²) in [4.78, 5) is 11.0. The summed E-state index contributed by atoms with van der Waals surface area (Å²) < 4.78 is 10.3. The van der Waals surface area contributed by atoms with Crippen molar-refractivity contribution >= 4 is 5.97 Å². The van der Waals surface area contributed by atoms with E-state index in [1.807, 2.05) is 20.8 Å². The van der Waals surface area contributed by atoms with E-state index in [1.54, 1.807) is 13.0 Å². The Labute approximate surface area is 86.1 Å². The maximum absolute atomic E-state index is 11.0. The predicted molar refractivity (Wildman–Crippen MR) is 56.0 cm³/mol. The van der Waals surface area contributed by atoms with E-state index in [1.165, 1.54) is 6.08 Å². The number of carbonyl (C=O) groups is 1. The highest BCUT2D eigenvalue weighted by Crippen LogP contribution is 2.15. The maximum atomic E-state index is 11.0. The summed E-state index contributed by atoms with van der Waals surface area (Å²) in [5.74, 6) is -0.294. The molecule has 0 saturated heterocycles. The molecule has 0 aromatic rings. The minimum atomic E-state index is -0.294. The molecule has 0 N–H and O–H groups in total. The van der Waals surface area contributed by atoms with E-state index in [2.05, 4.69) is 0 Å². The van der Waals surface area contributed by atoms with Gasteiger partial charge in [-0.25, -0.2) is 4.79 Å². The first-order chi connectivity index (χ1) is 6.52. The number of hydrogen-bond donors (Lipinski definition) is 0. The molecule has 0 aliphatic heterocycles. The number of ether oxygens (including phenoxy) is 2. The van der Waals surface area contributed by atoms with Gasteiger partial charge in [0.1, 0.15) is 0 Å². The molecule has 82 valence electrons. The predicted octanol–water partition coefficient (Wildman–Crippen LogP) is 2.17. The van der Waals surface area contributed by atoms with Crippen molar-refractivity contribution in [2.75, 3.05) is 19.8 Å². The van der Waals surface area contributed by atoms with Crippen molar-refractivity contribution in [2.45, 2.75) is 27.7 Å². The van der Waals surface area contributed by atoms with Crippen LogP contribution in [0.4, 0.5) is 0 Å². The zero-order chi connectivity index (χ0) is 11.0. The average Bonchev–Trinajstić information content (AvgIpc) is 2.13. The molecule has 0 aromatic heterocycles. The summed E-state index contributed by atoms with van der Waals surface area (Å²) in [5, 5.41) is 0. The minimum absolute atomic E-state index is 0.118. The molecule has 0 atom stereocenters. The Hall–Kier alpha value is -0.830. The Morgan fingerprint density at radius 3 is 2.50 bits per heavy atom. The molecular weight excluding hydrogens is 180 g/mol. The van der Waals surface area contributed by atoms with Gasteiger partial charge >= 0.3 is 5.97 Å². The van der Waals surface area contributed by atoms with Crippen molar-refractivity contribution < 1.29 is 14.3 Å². The van der Waals surface area contributed by atoms with Gasteiger partial charge in [-0.2, -0.15) is 0 Å². The van der Waals surface area contributed by atoms with Crippen molar-refractivity contribution in [1.82, 2.24) is 0 Å². The molecule has 0 radical (unpaired) electrons. The fraction of sp³-hybridized carbons (Fsp3) is 0.727. The van der Waals surface area contributed by atoms with Crippen LogP contribution in [0.15, 0.2) is 12.2 Å². The van der Waals surface area contributed by atoms with Gasteiger partial charge in [0.05, 0.1) is 13.2 Å². The van der Waals surface area contributed by atoms with Crippen LogP contribution in [0.2, 0.25) is 0 Å². The Balaban J connectivity index is 3.80. The van der Waals surface area contributed by atoms with Crippen LogP contribution in [0.3, 0.4) is 0 Å². The number of carbonyl (C=O) groups excluding carboxylic acids is 1. The Bertz CT molecular complexity index is 195. The largest absolute Gasteiger partial charge is 0.462 e. The van der Waals surface area contributed by atoms with E-state index in [-0.39, 0.29) is 11.4 Å². The molecule has 14 heavy (non-hydrogen) atoms. The van der Waals surface area contributed by atoms with Gasteiger partial charge in [-0.1, -0.05) is 19.9 Å². The standard InChI is InChI=1S/C11H20O3/c1-5-7-10(12)14-9-11(3,4)8-13-6-2/h5,7H,6,8-9H2,1-4H3/b7-5+. The molecule has 0 aliphatic carbocycles. The van der Waals surface area contributed by atoms with Crippen LogP contribution in [-0.4, -0.2) is 25.8 Å². The fourth-order valence-corrected chi connectivity index (χ4v) is 0.871. The Kier molecular flexibility index (Phi) is 6.21. The topological polar surface area (TPSA) is 35.5 Å². The van der Waals surface area contributed by atoms with Gasteiger partial charge in [0.2, 0.25) is 0 Å². The lowest BCUT2D eigenvalue weighted by atomic mass is 9.96. The summed E-state index contributed by atoms with van der Waals surface area (Å²) in [7, 11) is 0. The van der Waals surface area contributed by atoms with Crippen LogP contribution in [0.5, 0.6) is 0 Å². The maximum Gasteiger partial charge on any atom is 0.330 e. The van der Waals surface area contributed by atoms with Crippen LogP contribution in [0, 0.1) is 5.41 Å². The monoisotopic (exact) mass is 200 g/mol. The lowest BCUT2D eigenvalue weighted by molar-refractivity contribution is -0.141. The molecule has 0 bridgehead atoms. The van der Waals surface area contributed by atoms with Gasteiger partial charge < -0.3 is 9.47 Å². The van der Waals surface area contributed by atoms with Crippen molar-refractivity contribution in [2.24, 2.45) is 5.41 Å². The molecule has 3 nitrogen and oxygen atoms in total. The lowest BCUT2D eigenvalue weighted by Gasteiger charge is -2.23. The molecule has 0 amide bonds. The van der Waals surface area contributed by atoms with Crippen LogP contribution in [0.25, 0.3) is 0 Å². The van der Waals surface area contributed by atoms with Gasteiger partial charge in [-0.05, 0) is 13.8 Å². The molecule has 0 fully saturated rings. The SMILES string of the molecule is C/C=C/C(=O)OCC(C)(C)COCC. The van der Waals surface area contributed by atoms with E-state index in [4.69, 9.17) is 9.47 Å². The summed E-state index contributed by atoms with van der Waals surface area (Å²) in [6, 6.07) is 0. The molecule has 0 aromatic carbocycles. The Morgan fingerprint density at radius 1 is 1.36 bits per heavy atom. The summed E-state index contributed by atoms with van der Waals surface area (Å²) in [6.45, 7) is 9.42. The number of esters is 1. The highest BCUT2D eigenvalue weighted by atomic mass is 16.5. The first-order valence-corrected chi connectivity index (χ1v) is 4.89.